The molecule has 0 aliphatic carbocycles. The molecule has 1 atom stereocenters. The Morgan fingerprint density at radius 1 is 1.43 bits per heavy atom. The highest BCUT2D eigenvalue weighted by molar-refractivity contribution is 7.17. The number of thiazole rings is 1. The third kappa shape index (κ3) is 4.25. The van der Waals surface area contributed by atoms with E-state index >= 15 is 0 Å². The second kappa shape index (κ2) is 7.00. The predicted octanol–water partition coefficient (Wildman–Crippen LogP) is 2.19. The van der Waals surface area contributed by atoms with Crippen LogP contribution < -0.4 is 5.32 Å². The number of carboxylic acid groups (broad SMARTS) is 1. The van der Waals surface area contributed by atoms with E-state index in [4.69, 9.17) is 5.11 Å². The summed E-state index contributed by atoms with van der Waals surface area (Å²) in [5.41, 5.74) is -0.151. The molecular weight excluding hydrogens is 290 g/mol. The highest BCUT2D eigenvalue weighted by atomic mass is 32.1. The minimum absolute atomic E-state index is 0.151. The van der Waals surface area contributed by atoms with Gasteiger partial charge in [-0.1, -0.05) is 18.3 Å². The minimum Gasteiger partial charge on any atom is -0.476 e. The average Bonchev–Trinajstić information content (AvgIpc) is 3.04. The lowest BCUT2D eigenvalue weighted by Crippen LogP contribution is -2.28. The summed E-state index contributed by atoms with van der Waals surface area (Å²) in [5.74, 6) is -0.973. The van der Waals surface area contributed by atoms with Gasteiger partial charge in [-0.05, 0) is 31.8 Å². The summed E-state index contributed by atoms with van der Waals surface area (Å²) in [5, 5.41) is 12.7. The molecule has 0 radical (unpaired) electrons. The SMILES string of the molecule is CC(=O)c1sc(NCC(C)CN2CCCC2)nc1C(=O)O. The van der Waals surface area contributed by atoms with Crippen LogP contribution in [0.2, 0.25) is 0 Å². The molecule has 1 fully saturated rings. The Bertz CT molecular complexity index is 492. The number of carboxylic acids is 1. The molecule has 1 aliphatic rings. The molecule has 0 aromatic carbocycles. The van der Waals surface area contributed by atoms with Crippen LogP contribution in [0.15, 0.2) is 0 Å². The molecule has 2 N–H and O–H groups in total. The van der Waals surface area contributed by atoms with E-state index < -0.39 is 5.97 Å². The van der Waals surface area contributed by atoms with Crippen molar-refractivity contribution in [1.29, 1.82) is 0 Å². The van der Waals surface area contributed by atoms with Gasteiger partial charge in [0.15, 0.2) is 16.6 Å². The van der Waals surface area contributed by atoms with Gasteiger partial charge in [0.2, 0.25) is 0 Å². The van der Waals surface area contributed by atoms with Gasteiger partial charge >= 0.3 is 5.97 Å². The summed E-state index contributed by atoms with van der Waals surface area (Å²) >= 11 is 1.11. The van der Waals surface area contributed by atoms with Gasteiger partial charge in [0, 0.05) is 20.0 Å². The second-order valence-electron chi connectivity index (χ2n) is 5.55. The van der Waals surface area contributed by atoms with Gasteiger partial charge in [-0.2, -0.15) is 0 Å². The van der Waals surface area contributed by atoms with Crippen LogP contribution >= 0.6 is 11.3 Å². The number of anilines is 1. The Kier molecular flexibility index (Phi) is 5.30. The fourth-order valence-electron chi connectivity index (χ4n) is 2.51. The molecule has 0 bridgehead atoms. The number of nitrogens with one attached hydrogen (secondary N) is 1. The molecule has 116 valence electrons. The number of ketones is 1. The first kappa shape index (κ1) is 15.9. The zero-order chi connectivity index (χ0) is 15.4. The lowest BCUT2D eigenvalue weighted by Gasteiger charge is -2.20. The van der Waals surface area contributed by atoms with Crippen molar-refractivity contribution in [3.05, 3.63) is 10.6 Å². The van der Waals surface area contributed by atoms with Crippen molar-refractivity contribution in [1.82, 2.24) is 9.88 Å². The number of nitrogens with zero attached hydrogens (tertiary/aromatic N) is 2. The van der Waals surface area contributed by atoms with E-state index in [1.165, 1.54) is 32.9 Å². The second-order valence-corrected chi connectivity index (χ2v) is 6.55. The molecule has 2 rings (SSSR count). The number of carbonyl (C=O) groups excluding carboxylic acids is 1. The maximum absolute atomic E-state index is 11.4. The Morgan fingerprint density at radius 2 is 2.10 bits per heavy atom. The summed E-state index contributed by atoms with van der Waals surface area (Å²) in [6.45, 7) is 7.60. The van der Waals surface area contributed by atoms with E-state index in [-0.39, 0.29) is 16.4 Å². The van der Waals surface area contributed by atoms with E-state index in [2.05, 4.69) is 22.1 Å². The molecule has 21 heavy (non-hydrogen) atoms. The first-order valence-corrected chi connectivity index (χ1v) is 8.00. The summed E-state index contributed by atoms with van der Waals surface area (Å²) in [6, 6.07) is 0. The third-order valence-electron chi connectivity index (χ3n) is 3.52. The first-order chi connectivity index (χ1) is 9.97. The molecule has 0 amide bonds. The molecule has 1 saturated heterocycles. The lowest BCUT2D eigenvalue weighted by molar-refractivity contribution is 0.0687. The van der Waals surface area contributed by atoms with Crippen molar-refractivity contribution in [2.24, 2.45) is 5.92 Å². The molecule has 1 aromatic rings. The number of aromatic nitrogens is 1. The van der Waals surface area contributed by atoms with Crippen LogP contribution in [-0.4, -0.2) is 52.9 Å². The van der Waals surface area contributed by atoms with Crippen molar-refractivity contribution >= 4 is 28.2 Å². The number of likely N-dealkylation sites (tertiary alicyclic amines) is 1. The fourth-order valence-corrected chi connectivity index (χ4v) is 3.37. The molecule has 2 heterocycles. The van der Waals surface area contributed by atoms with Crippen LogP contribution in [-0.2, 0) is 0 Å². The van der Waals surface area contributed by atoms with E-state index in [9.17, 15) is 9.59 Å². The zero-order valence-electron chi connectivity index (χ0n) is 12.4. The first-order valence-electron chi connectivity index (χ1n) is 7.18. The predicted molar refractivity (Wildman–Crippen MR) is 82.4 cm³/mol. The van der Waals surface area contributed by atoms with Crippen molar-refractivity contribution in [2.75, 3.05) is 31.5 Å². The van der Waals surface area contributed by atoms with Gasteiger partial charge < -0.3 is 15.3 Å². The van der Waals surface area contributed by atoms with Gasteiger partial charge in [0.05, 0.1) is 0 Å². The molecule has 1 aromatic heterocycles. The molecule has 7 heteroatoms. The zero-order valence-corrected chi connectivity index (χ0v) is 13.2. The Hall–Kier alpha value is -1.47. The van der Waals surface area contributed by atoms with Crippen molar-refractivity contribution < 1.29 is 14.7 Å². The van der Waals surface area contributed by atoms with Gasteiger partial charge in [-0.25, -0.2) is 9.78 Å². The number of Topliss-reactive ketones (excluding diaryl/α,β-unsaturated/α-hetero) is 1. The van der Waals surface area contributed by atoms with Crippen LogP contribution in [0.5, 0.6) is 0 Å². The molecular formula is C14H21N3O3S. The normalized spacial score (nSPS) is 16.9. The number of carbonyl (C=O) groups is 2. The summed E-state index contributed by atoms with van der Waals surface area (Å²) in [4.78, 5) is 29.1. The molecule has 0 spiro atoms. The topological polar surface area (TPSA) is 82.5 Å². The van der Waals surface area contributed by atoms with Crippen LogP contribution in [0, 0.1) is 5.92 Å². The van der Waals surface area contributed by atoms with Crippen molar-refractivity contribution in [2.45, 2.75) is 26.7 Å². The van der Waals surface area contributed by atoms with E-state index in [1.807, 2.05) is 0 Å². The summed E-state index contributed by atoms with van der Waals surface area (Å²) < 4.78 is 0. The van der Waals surface area contributed by atoms with E-state index in [1.54, 1.807) is 0 Å². The van der Waals surface area contributed by atoms with E-state index in [0.717, 1.165) is 24.4 Å². The number of rotatable bonds is 7. The smallest absolute Gasteiger partial charge is 0.356 e. The monoisotopic (exact) mass is 311 g/mol. The van der Waals surface area contributed by atoms with Gasteiger partial charge in [-0.3, -0.25) is 4.79 Å². The standard InChI is InChI=1S/C14H21N3O3S/c1-9(8-17-5-3-4-6-17)7-15-14-16-11(13(19)20)12(21-14)10(2)18/h9H,3-8H2,1-2H3,(H,15,16)(H,19,20). The fraction of sp³-hybridized carbons (Fsp3) is 0.643. The molecule has 6 nitrogen and oxygen atoms in total. The van der Waals surface area contributed by atoms with Crippen molar-refractivity contribution in [3.63, 3.8) is 0 Å². The number of hydrogen-bond acceptors (Lipinski definition) is 6. The molecule has 1 aliphatic heterocycles. The highest BCUT2D eigenvalue weighted by Crippen LogP contribution is 2.24. The highest BCUT2D eigenvalue weighted by Gasteiger charge is 2.21. The Morgan fingerprint density at radius 3 is 2.62 bits per heavy atom. The third-order valence-corrected chi connectivity index (χ3v) is 4.63. The number of hydrogen-bond donors (Lipinski definition) is 2. The van der Waals surface area contributed by atoms with Gasteiger partial charge in [0.25, 0.3) is 0 Å². The lowest BCUT2D eigenvalue weighted by atomic mass is 10.2. The van der Waals surface area contributed by atoms with Crippen LogP contribution in [0.3, 0.4) is 0 Å². The maximum Gasteiger partial charge on any atom is 0.356 e. The summed E-state index contributed by atoms with van der Waals surface area (Å²) in [6.07, 6.45) is 2.55. The average molecular weight is 311 g/mol. The minimum atomic E-state index is -1.16. The Labute approximate surface area is 128 Å². The van der Waals surface area contributed by atoms with E-state index in [0.29, 0.717) is 11.0 Å². The maximum atomic E-state index is 11.4. The molecule has 1 unspecified atom stereocenters. The van der Waals surface area contributed by atoms with Gasteiger partial charge in [0.1, 0.15) is 4.88 Å². The van der Waals surface area contributed by atoms with Crippen LogP contribution in [0.1, 0.15) is 46.8 Å². The largest absolute Gasteiger partial charge is 0.476 e. The summed E-state index contributed by atoms with van der Waals surface area (Å²) in [7, 11) is 0. The van der Waals surface area contributed by atoms with Crippen LogP contribution in [0.25, 0.3) is 0 Å². The van der Waals surface area contributed by atoms with Crippen LogP contribution in [0.4, 0.5) is 5.13 Å². The number of aromatic carboxylic acids is 1. The quantitative estimate of drug-likeness (QED) is 0.751. The van der Waals surface area contributed by atoms with Crippen molar-refractivity contribution in [3.8, 4) is 0 Å². The Balaban J connectivity index is 1.91. The van der Waals surface area contributed by atoms with Gasteiger partial charge in [-0.15, -0.1) is 0 Å². The molecule has 0 saturated carbocycles.